The normalized spacial score (nSPS) is 11.8. The number of imidazole rings is 1. The zero-order chi connectivity index (χ0) is 17.2. The predicted octanol–water partition coefficient (Wildman–Crippen LogP) is 2.76. The smallest absolute Gasteiger partial charge is 0.191 e. The van der Waals surface area contributed by atoms with Crippen LogP contribution in [-0.2, 0) is 6.54 Å². The number of aromatic nitrogens is 3. The summed E-state index contributed by atoms with van der Waals surface area (Å²) >= 11 is 0. The van der Waals surface area contributed by atoms with Crippen LogP contribution in [-0.4, -0.2) is 34.1 Å². The molecule has 0 bridgehead atoms. The number of rotatable bonds is 8. The van der Waals surface area contributed by atoms with E-state index in [4.69, 9.17) is 0 Å². The van der Waals surface area contributed by atoms with Gasteiger partial charge in [0.1, 0.15) is 12.1 Å². The summed E-state index contributed by atoms with van der Waals surface area (Å²) in [5.41, 5.74) is 1.11. The molecule has 6 nitrogen and oxygen atoms in total. The van der Waals surface area contributed by atoms with Crippen molar-refractivity contribution in [1.29, 1.82) is 0 Å². The monoisotopic (exact) mass is 328 g/mol. The standard InChI is InChI=1S/C18H28N6/c1-15(2)6-4-5-9-21-18(19-3)23-13-16-7-8-17(22-12-16)24-11-10-20-14-24/h7-8,10-12,14-15H,4-6,9,13H2,1-3H3,(H2,19,21,23). The minimum absolute atomic E-state index is 0.697. The summed E-state index contributed by atoms with van der Waals surface area (Å²) in [6, 6.07) is 4.05. The van der Waals surface area contributed by atoms with Crippen LogP contribution in [0, 0.1) is 5.92 Å². The molecule has 0 atom stereocenters. The molecule has 0 saturated carbocycles. The molecule has 2 N–H and O–H groups in total. The first-order valence-electron chi connectivity index (χ1n) is 8.57. The van der Waals surface area contributed by atoms with Crippen molar-refractivity contribution in [2.24, 2.45) is 10.9 Å². The van der Waals surface area contributed by atoms with Gasteiger partial charge in [-0.15, -0.1) is 0 Å². The zero-order valence-electron chi connectivity index (χ0n) is 14.9. The van der Waals surface area contributed by atoms with Crippen molar-refractivity contribution < 1.29 is 0 Å². The molecular weight excluding hydrogens is 300 g/mol. The van der Waals surface area contributed by atoms with Gasteiger partial charge < -0.3 is 10.6 Å². The van der Waals surface area contributed by atoms with Gasteiger partial charge in [0.2, 0.25) is 0 Å². The average Bonchev–Trinajstić information content (AvgIpc) is 3.12. The second-order valence-electron chi connectivity index (χ2n) is 6.24. The third-order valence-electron chi connectivity index (χ3n) is 3.76. The fourth-order valence-corrected chi connectivity index (χ4v) is 2.36. The van der Waals surface area contributed by atoms with Crippen LogP contribution in [0.4, 0.5) is 0 Å². The Bertz CT molecular complexity index is 601. The SMILES string of the molecule is CN=C(NCCCCC(C)C)NCc1ccc(-n2ccnc2)nc1. The van der Waals surface area contributed by atoms with Crippen LogP contribution in [0.3, 0.4) is 0 Å². The molecule has 2 aromatic rings. The lowest BCUT2D eigenvalue weighted by Crippen LogP contribution is -2.37. The number of nitrogens with zero attached hydrogens (tertiary/aromatic N) is 4. The summed E-state index contributed by atoms with van der Waals surface area (Å²) in [5.74, 6) is 2.47. The maximum atomic E-state index is 4.45. The van der Waals surface area contributed by atoms with E-state index in [0.717, 1.165) is 29.8 Å². The molecule has 0 spiro atoms. The van der Waals surface area contributed by atoms with Gasteiger partial charge in [0, 0.05) is 38.7 Å². The van der Waals surface area contributed by atoms with Gasteiger partial charge in [-0.05, 0) is 24.0 Å². The van der Waals surface area contributed by atoms with Gasteiger partial charge in [-0.1, -0.05) is 32.8 Å². The van der Waals surface area contributed by atoms with E-state index in [1.54, 1.807) is 19.6 Å². The number of aliphatic imine (C=N–C) groups is 1. The molecular formula is C18H28N6. The average molecular weight is 328 g/mol. The molecule has 6 heteroatoms. The number of hydrogen-bond acceptors (Lipinski definition) is 3. The summed E-state index contributed by atoms with van der Waals surface area (Å²) < 4.78 is 1.88. The molecule has 0 radical (unpaired) electrons. The second kappa shape index (κ2) is 9.70. The molecule has 0 aliphatic heterocycles. The molecule has 2 rings (SSSR count). The highest BCUT2D eigenvalue weighted by Gasteiger charge is 2.01. The minimum atomic E-state index is 0.697. The molecule has 0 aromatic carbocycles. The van der Waals surface area contributed by atoms with Crippen molar-refractivity contribution in [2.45, 2.75) is 39.7 Å². The number of nitrogens with one attached hydrogen (secondary N) is 2. The largest absolute Gasteiger partial charge is 0.356 e. The van der Waals surface area contributed by atoms with Gasteiger partial charge in [-0.2, -0.15) is 0 Å². The number of guanidine groups is 1. The number of pyridine rings is 1. The third kappa shape index (κ3) is 6.02. The van der Waals surface area contributed by atoms with Gasteiger partial charge in [-0.3, -0.25) is 9.56 Å². The second-order valence-corrected chi connectivity index (χ2v) is 6.24. The molecule has 0 aliphatic rings. The Morgan fingerprint density at radius 1 is 1.25 bits per heavy atom. The van der Waals surface area contributed by atoms with Gasteiger partial charge in [-0.25, -0.2) is 9.97 Å². The van der Waals surface area contributed by atoms with Gasteiger partial charge in [0.25, 0.3) is 0 Å². The van der Waals surface area contributed by atoms with Crippen molar-refractivity contribution in [3.8, 4) is 5.82 Å². The Morgan fingerprint density at radius 3 is 2.75 bits per heavy atom. The molecule has 0 fully saturated rings. The van der Waals surface area contributed by atoms with E-state index < -0.39 is 0 Å². The van der Waals surface area contributed by atoms with Crippen LogP contribution in [0.2, 0.25) is 0 Å². The maximum absolute atomic E-state index is 4.45. The molecule has 0 unspecified atom stereocenters. The molecule has 0 amide bonds. The van der Waals surface area contributed by atoms with Crippen LogP contribution >= 0.6 is 0 Å². The van der Waals surface area contributed by atoms with Crippen LogP contribution in [0.1, 0.15) is 38.7 Å². The first kappa shape index (κ1) is 18.0. The number of hydrogen-bond donors (Lipinski definition) is 2. The fraction of sp³-hybridized carbons (Fsp3) is 0.500. The summed E-state index contributed by atoms with van der Waals surface area (Å²) in [6.07, 6.45) is 10.9. The van der Waals surface area contributed by atoms with Crippen molar-refractivity contribution in [3.05, 3.63) is 42.6 Å². The Hall–Kier alpha value is -2.37. The quantitative estimate of drug-likeness (QED) is 0.444. The highest BCUT2D eigenvalue weighted by Crippen LogP contribution is 2.06. The van der Waals surface area contributed by atoms with Crippen LogP contribution < -0.4 is 10.6 Å². The Labute approximate surface area is 144 Å². The van der Waals surface area contributed by atoms with Gasteiger partial charge in [0.05, 0.1) is 0 Å². The summed E-state index contributed by atoms with van der Waals surface area (Å²) in [7, 11) is 1.80. The molecule has 2 aromatic heterocycles. The third-order valence-corrected chi connectivity index (χ3v) is 3.76. The topological polar surface area (TPSA) is 67.1 Å². The summed E-state index contributed by atoms with van der Waals surface area (Å²) in [6.45, 7) is 6.17. The summed E-state index contributed by atoms with van der Waals surface area (Å²) in [5, 5.41) is 6.67. The predicted molar refractivity (Wildman–Crippen MR) is 98.2 cm³/mol. The van der Waals surface area contributed by atoms with E-state index in [-0.39, 0.29) is 0 Å². The first-order chi connectivity index (χ1) is 11.7. The molecule has 0 saturated heterocycles. The van der Waals surface area contributed by atoms with E-state index in [1.807, 2.05) is 23.0 Å². The van der Waals surface area contributed by atoms with Gasteiger partial charge in [0.15, 0.2) is 5.96 Å². The van der Waals surface area contributed by atoms with E-state index in [9.17, 15) is 0 Å². The van der Waals surface area contributed by atoms with E-state index in [2.05, 4.69) is 45.5 Å². The van der Waals surface area contributed by atoms with E-state index in [1.165, 1.54) is 19.3 Å². The van der Waals surface area contributed by atoms with Crippen molar-refractivity contribution in [1.82, 2.24) is 25.2 Å². The molecule has 2 heterocycles. The first-order valence-corrected chi connectivity index (χ1v) is 8.57. The van der Waals surface area contributed by atoms with E-state index in [0.29, 0.717) is 6.54 Å². The number of unbranched alkanes of at least 4 members (excludes halogenated alkanes) is 1. The van der Waals surface area contributed by atoms with Gasteiger partial charge >= 0.3 is 0 Å². The van der Waals surface area contributed by atoms with Crippen LogP contribution in [0.25, 0.3) is 5.82 Å². The Morgan fingerprint density at radius 2 is 2.12 bits per heavy atom. The van der Waals surface area contributed by atoms with Crippen LogP contribution in [0.5, 0.6) is 0 Å². The summed E-state index contributed by atoms with van der Waals surface area (Å²) in [4.78, 5) is 12.7. The molecule has 0 aliphatic carbocycles. The highest BCUT2D eigenvalue weighted by atomic mass is 15.2. The zero-order valence-corrected chi connectivity index (χ0v) is 14.9. The van der Waals surface area contributed by atoms with Crippen molar-refractivity contribution in [2.75, 3.05) is 13.6 Å². The van der Waals surface area contributed by atoms with E-state index >= 15 is 0 Å². The van der Waals surface area contributed by atoms with Crippen molar-refractivity contribution in [3.63, 3.8) is 0 Å². The Balaban J connectivity index is 1.73. The maximum Gasteiger partial charge on any atom is 0.191 e. The lowest BCUT2D eigenvalue weighted by molar-refractivity contribution is 0.534. The molecule has 24 heavy (non-hydrogen) atoms. The van der Waals surface area contributed by atoms with Crippen LogP contribution in [0.15, 0.2) is 42.0 Å². The lowest BCUT2D eigenvalue weighted by Gasteiger charge is -2.12. The highest BCUT2D eigenvalue weighted by molar-refractivity contribution is 5.79. The van der Waals surface area contributed by atoms with Crippen molar-refractivity contribution >= 4 is 5.96 Å². The Kier molecular flexibility index (Phi) is 7.26. The minimum Gasteiger partial charge on any atom is -0.356 e. The lowest BCUT2D eigenvalue weighted by atomic mass is 10.1. The molecule has 130 valence electrons. The fourth-order valence-electron chi connectivity index (χ4n) is 2.36.